The van der Waals surface area contributed by atoms with Crippen molar-refractivity contribution < 1.29 is 14.9 Å². The van der Waals surface area contributed by atoms with Crippen LogP contribution in [-0.2, 0) is 0 Å². The lowest BCUT2D eigenvalue weighted by Crippen LogP contribution is -2.29. The molecule has 0 fully saturated rings. The average Bonchev–Trinajstić information content (AvgIpc) is 2.50. The molecule has 3 atom stereocenters. The highest BCUT2D eigenvalue weighted by Crippen LogP contribution is 2.28. The SMILES string of the molecule is CCNC(c1ccc(OC)cc1)C(C)SCC(O)CO. The van der Waals surface area contributed by atoms with Gasteiger partial charge < -0.3 is 20.3 Å². The Hall–Kier alpha value is -0.750. The Balaban J connectivity index is 2.70. The molecule has 3 unspecified atom stereocenters. The fourth-order valence-electron chi connectivity index (χ4n) is 2.00. The van der Waals surface area contributed by atoms with Crippen LogP contribution in [0.4, 0.5) is 0 Å². The zero-order valence-corrected chi connectivity index (χ0v) is 13.2. The number of aliphatic hydroxyl groups is 2. The second-order valence-corrected chi connectivity index (χ2v) is 6.09. The van der Waals surface area contributed by atoms with Crippen molar-refractivity contribution in [1.82, 2.24) is 5.32 Å². The number of hydrogen-bond donors (Lipinski definition) is 3. The number of benzene rings is 1. The number of hydrogen-bond acceptors (Lipinski definition) is 5. The van der Waals surface area contributed by atoms with Crippen molar-refractivity contribution in [1.29, 1.82) is 0 Å². The summed E-state index contributed by atoms with van der Waals surface area (Å²) in [4.78, 5) is 0. The predicted octanol–water partition coefficient (Wildman–Crippen LogP) is 1.82. The first kappa shape index (κ1) is 17.3. The minimum Gasteiger partial charge on any atom is -0.497 e. The van der Waals surface area contributed by atoms with Crippen LogP contribution in [0.25, 0.3) is 0 Å². The van der Waals surface area contributed by atoms with E-state index >= 15 is 0 Å². The number of nitrogens with one attached hydrogen (secondary N) is 1. The third-order valence-electron chi connectivity index (χ3n) is 3.13. The van der Waals surface area contributed by atoms with Crippen LogP contribution in [0.1, 0.15) is 25.5 Å². The molecule has 0 aliphatic rings. The fraction of sp³-hybridized carbons (Fsp3) is 0.600. The lowest BCUT2D eigenvalue weighted by molar-refractivity contribution is 0.113. The maximum absolute atomic E-state index is 9.45. The van der Waals surface area contributed by atoms with E-state index in [9.17, 15) is 5.11 Å². The van der Waals surface area contributed by atoms with Crippen molar-refractivity contribution in [2.45, 2.75) is 31.2 Å². The Bertz CT molecular complexity index is 372. The first-order valence-corrected chi connectivity index (χ1v) is 7.95. The molecular weight excluding hydrogens is 274 g/mol. The third kappa shape index (κ3) is 5.32. The molecule has 1 aromatic rings. The van der Waals surface area contributed by atoms with Gasteiger partial charge in [-0.1, -0.05) is 26.0 Å². The molecule has 0 aliphatic carbocycles. The third-order valence-corrected chi connectivity index (χ3v) is 4.51. The summed E-state index contributed by atoms with van der Waals surface area (Å²) in [5.41, 5.74) is 1.20. The van der Waals surface area contributed by atoms with Gasteiger partial charge in [0.25, 0.3) is 0 Å². The highest BCUT2D eigenvalue weighted by Gasteiger charge is 2.19. The second-order valence-electron chi connectivity index (χ2n) is 4.68. The molecule has 0 aromatic heterocycles. The Labute approximate surface area is 125 Å². The minimum atomic E-state index is -0.652. The lowest BCUT2D eigenvalue weighted by atomic mass is 10.0. The maximum atomic E-state index is 9.45. The normalized spacial score (nSPS) is 15.7. The number of rotatable bonds is 9. The molecule has 0 radical (unpaired) electrons. The lowest BCUT2D eigenvalue weighted by Gasteiger charge is -2.25. The Morgan fingerprint density at radius 3 is 2.45 bits per heavy atom. The number of methoxy groups -OCH3 is 1. The summed E-state index contributed by atoms with van der Waals surface area (Å²) in [6.45, 7) is 4.90. The van der Waals surface area contributed by atoms with Crippen LogP contribution in [0.15, 0.2) is 24.3 Å². The molecule has 0 aliphatic heterocycles. The number of thioether (sulfide) groups is 1. The zero-order valence-electron chi connectivity index (χ0n) is 12.4. The summed E-state index contributed by atoms with van der Waals surface area (Å²) in [6.07, 6.45) is -0.652. The van der Waals surface area contributed by atoms with Crippen LogP contribution in [0, 0.1) is 0 Å². The van der Waals surface area contributed by atoms with E-state index in [1.54, 1.807) is 18.9 Å². The topological polar surface area (TPSA) is 61.7 Å². The molecule has 0 saturated carbocycles. The van der Waals surface area contributed by atoms with Gasteiger partial charge in [-0.25, -0.2) is 0 Å². The molecule has 5 heteroatoms. The van der Waals surface area contributed by atoms with Gasteiger partial charge in [-0.2, -0.15) is 11.8 Å². The minimum absolute atomic E-state index is 0.186. The van der Waals surface area contributed by atoms with E-state index in [2.05, 4.69) is 31.3 Å². The van der Waals surface area contributed by atoms with Crippen LogP contribution in [0.5, 0.6) is 5.75 Å². The smallest absolute Gasteiger partial charge is 0.118 e. The van der Waals surface area contributed by atoms with Gasteiger partial charge in [0.2, 0.25) is 0 Å². The maximum Gasteiger partial charge on any atom is 0.118 e. The number of aliphatic hydroxyl groups excluding tert-OH is 2. The van der Waals surface area contributed by atoms with Crippen molar-refractivity contribution in [2.75, 3.05) is 26.0 Å². The monoisotopic (exact) mass is 299 g/mol. The van der Waals surface area contributed by atoms with E-state index in [4.69, 9.17) is 9.84 Å². The van der Waals surface area contributed by atoms with Crippen LogP contribution in [0.3, 0.4) is 0 Å². The summed E-state index contributed by atoms with van der Waals surface area (Å²) in [5.74, 6) is 1.38. The Morgan fingerprint density at radius 1 is 1.30 bits per heavy atom. The molecule has 3 N–H and O–H groups in total. The van der Waals surface area contributed by atoms with Gasteiger partial charge in [0, 0.05) is 17.0 Å². The van der Waals surface area contributed by atoms with E-state index in [0.29, 0.717) is 11.0 Å². The van der Waals surface area contributed by atoms with Crippen molar-refractivity contribution in [2.24, 2.45) is 0 Å². The first-order valence-electron chi connectivity index (χ1n) is 6.90. The summed E-state index contributed by atoms with van der Waals surface area (Å²) >= 11 is 1.66. The standard InChI is InChI=1S/C15H25NO3S/c1-4-16-15(11(2)20-10-13(18)9-17)12-5-7-14(19-3)8-6-12/h5-8,11,13,15-18H,4,9-10H2,1-3H3. The van der Waals surface area contributed by atoms with E-state index in [1.165, 1.54) is 5.56 Å². The second kappa shape index (κ2) is 9.23. The Morgan fingerprint density at radius 2 is 1.95 bits per heavy atom. The van der Waals surface area contributed by atoms with Gasteiger partial charge in [-0.05, 0) is 24.2 Å². The van der Waals surface area contributed by atoms with E-state index < -0.39 is 6.10 Å². The van der Waals surface area contributed by atoms with Crippen LogP contribution >= 0.6 is 11.8 Å². The molecule has 0 amide bonds. The highest BCUT2D eigenvalue weighted by atomic mass is 32.2. The van der Waals surface area contributed by atoms with E-state index in [1.807, 2.05) is 12.1 Å². The van der Waals surface area contributed by atoms with E-state index in [0.717, 1.165) is 12.3 Å². The van der Waals surface area contributed by atoms with Crippen molar-refractivity contribution in [3.8, 4) is 5.75 Å². The predicted molar refractivity (Wildman–Crippen MR) is 84.4 cm³/mol. The van der Waals surface area contributed by atoms with Gasteiger partial charge in [0.1, 0.15) is 5.75 Å². The summed E-state index contributed by atoms with van der Waals surface area (Å²) in [7, 11) is 1.66. The van der Waals surface area contributed by atoms with Gasteiger partial charge in [0.15, 0.2) is 0 Å². The summed E-state index contributed by atoms with van der Waals surface area (Å²) < 4.78 is 5.18. The first-order chi connectivity index (χ1) is 9.62. The molecule has 114 valence electrons. The van der Waals surface area contributed by atoms with Crippen LogP contribution < -0.4 is 10.1 Å². The fourth-order valence-corrected chi connectivity index (χ4v) is 3.07. The highest BCUT2D eigenvalue weighted by molar-refractivity contribution is 7.99. The molecule has 1 aromatic carbocycles. The van der Waals surface area contributed by atoms with Gasteiger partial charge >= 0.3 is 0 Å². The summed E-state index contributed by atoms with van der Waals surface area (Å²) in [5, 5.41) is 22.1. The van der Waals surface area contributed by atoms with E-state index in [-0.39, 0.29) is 12.6 Å². The molecule has 20 heavy (non-hydrogen) atoms. The molecule has 0 saturated heterocycles. The molecule has 4 nitrogen and oxygen atoms in total. The van der Waals surface area contributed by atoms with Gasteiger partial charge in [0.05, 0.1) is 19.8 Å². The van der Waals surface area contributed by atoms with Crippen molar-refractivity contribution in [3.63, 3.8) is 0 Å². The molecule has 0 bridgehead atoms. The van der Waals surface area contributed by atoms with Gasteiger partial charge in [-0.3, -0.25) is 0 Å². The molecule has 0 heterocycles. The molecule has 1 rings (SSSR count). The molecular formula is C15H25NO3S. The quantitative estimate of drug-likeness (QED) is 0.649. The Kier molecular flexibility index (Phi) is 7.99. The zero-order chi connectivity index (χ0) is 15.0. The number of ether oxygens (including phenoxy) is 1. The average molecular weight is 299 g/mol. The van der Waals surface area contributed by atoms with Crippen LogP contribution in [-0.4, -0.2) is 47.6 Å². The van der Waals surface area contributed by atoms with Crippen molar-refractivity contribution >= 4 is 11.8 Å². The van der Waals surface area contributed by atoms with Gasteiger partial charge in [-0.15, -0.1) is 0 Å². The molecule has 0 spiro atoms. The van der Waals surface area contributed by atoms with Crippen LogP contribution in [0.2, 0.25) is 0 Å². The summed E-state index contributed by atoms with van der Waals surface area (Å²) in [6, 6.07) is 8.25. The van der Waals surface area contributed by atoms with Crippen molar-refractivity contribution in [3.05, 3.63) is 29.8 Å². The largest absolute Gasteiger partial charge is 0.497 e.